The first-order chi connectivity index (χ1) is 10.8. The molecule has 0 amide bonds. The van der Waals surface area contributed by atoms with Crippen molar-refractivity contribution < 1.29 is 9.47 Å². The highest BCUT2D eigenvalue weighted by molar-refractivity contribution is 7.13. The molecule has 3 aromatic rings. The minimum Gasteiger partial charge on any atom is -0.497 e. The average molecular weight is 311 g/mol. The maximum Gasteiger partial charge on any atom is 0.131 e. The number of methoxy groups -OCH3 is 1. The van der Waals surface area contributed by atoms with Crippen LogP contribution < -0.4 is 9.47 Å². The van der Waals surface area contributed by atoms with Crippen molar-refractivity contribution in [2.45, 2.75) is 13.5 Å². The summed E-state index contributed by atoms with van der Waals surface area (Å²) in [6.45, 7) is 2.52. The number of benzene rings is 2. The van der Waals surface area contributed by atoms with Crippen molar-refractivity contribution in [1.29, 1.82) is 0 Å². The van der Waals surface area contributed by atoms with Gasteiger partial charge in [-0.15, -0.1) is 11.3 Å². The molecule has 0 aliphatic carbocycles. The van der Waals surface area contributed by atoms with E-state index in [9.17, 15) is 0 Å². The molecule has 2 aromatic carbocycles. The number of thiazole rings is 1. The van der Waals surface area contributed by atoms with Gasteiger partial charge in [0.2, 0.25) is 0 Å². The number of aromatic nitrogens is 1. The lowest BCUT2D eigenvalue weighted by molar-refractivity contribution is 0.300. The summed E-state index contributed by atoms with van der Waals surface area (Å²) < 4.78 is 11.1. The highest BCUT2D eigenvalue weighted by atomic mass is 32.1. The number of nitrogens with zero attached hydrogens (tertiary/aromatic N) is 1. The average Bonchev–Trinajstić information content (AvgIpc) is 3.03. The van der Waals surface area contributed by atoms with E-state index in [-0.39, 0.29) is 0 Å². The third-order valence-corrected chi connectivity index (χ3v) is 4.28. The number of hydrogen-bond acceptors (Lipinski definition) is 4. The van der Waals surface area contributed by atoms with E-state index in [4.69, 9.17) is 9.47 Å². The summed E-state index contributed by atoms with van der Waals surface area (Å²) in [5.41, 5.74) is 3.13. The first kappa shape index (κ1) is 14.6. The van der Waals surface area contributed by atoms with Crippen molar-refractivity contribution in [3.8, 4) is 22.1 Å². The zero-order chi connectivity index (χ0) is 15.4. The molecule has 0 radical (unpaired) electrons. The fraction of sp³-hybridized carbons (Fsp3) is 0.167. The van der Waals surface area contributed by atoms with Crippen molar-refractivity contribution in [2.75, 3.05) is 7.11 Å². The molecule has 1 heterocycles. The summed E-state index contributed by atoms with van der Waals surface area (Å²) >= 11 is 1.61. The summed E-state index contributed by atoms with van der Waals surface area (Å²) in [6.07, 6.45) is 0. The molecule has 0 saturated carbocycles. The van der Waals surface area contributed by atoms with Gasteiger partial charge in [0.1, 0.15) is 23.1 Å². The summed E-state index contributed by atoms with van der Waals surface area (Å²) in [6, 6.07) is 15.9. The predicted molar refractivity (Wildman–Crippen MR) is 89.6 cm³/mol. The van der Waals surface area contributed by atoms with E-state index in [1.165, 1.54) is 0 Å². The summed E-state index contributed by atoms with van der Waals surface area (Å²) in [4.78, 5) is 4.64. The van der Waals surface area contributed by atoms with Gasteiger partial charge in [0.05, 0.1) is 12.8 Å². The summed E-state index contributed by atoms with van der Waals surface area (Å²) in [5.74, 6) is 1.74. The molecule has 0 fully saturated rings. The van der Waals surface area contributed by atoms with Gasteiger partial charge in [-0.2, -0.15) is 0 Å². The molecule has 0 saturated heterocycles. The molecule has 0 unspecified atom stereocenters. The Morgan fingerprint density at radius 2 is 1.95 bits per heavy atom. The topological polar surface area (TPSA) is 31.4 Å². The van der Waals surface area contributed by atoms with Crippen LogP contribution in [0.25, 0.3) is 10.6 Å². The van der Waals surface area contributed by atoms with Crippen LogP contribution in [0.15, 0.2) is 53.9 Å². The highest BCUT2D eigenvalue weighted by Crippen LogP contribution is 2.27. The van der Waals surface area contributed by atoms with Crippen LogP contribution in [0.1, 0.15) is 11.3 Å². The lowest BCUT2D eigenvalue weighted by Gasteiger charge is -2.06. The molecule has 3 rings (SSSR count). The molecule has 112 valence electrons. The third kappa shape index (κ3) is 3.28. The van der Waals surface area contributed by atoms with Crippen molar-refractivity contribution >= 4 is 11.3 Å². The third-order valence-electron chi connectivity index (χ3n) is 3.34. The molecule has 3 nitrogen and oxygen atoms in total. The summed E-state index contributed by atoms with van der Waals surface area (Å²) in [5, 5.41) is 3.01. The van der Waals surface area contributed by atoms with Crippen LogP contribution in [-0.4, -0.2) is 12.1 Å². The molecule has 0 aliphatic rings. The molecular formula is C18H17NO2S. The van der Waals surface area contributed by atoms with E-state index in [0.717, 1.165) is 33.3 Å². The predicted octanol–water partition coefficient (Wildman–Crippen LogP) is 4.71. The molecule has 1 aromatic heterocycles. The quantitative estimate of drug-likeness (QED) is 0.684. The van der Waals surface area contributed by atoms with Crippen molar-refractivity contribution in [1.82, 2.24) is 4.98 Å². The van der Waals surface area contributed by atoms with Gasteiger partial charge >= 0.3 is 0 Å². The monoisotopic (exact) mass is 311 g/mol. The second kappa shape index (κ2) is 6.62. The first-order valence-corrected chi connectivity index (χ1v) is 7.91. The van der Waals surface area contributed by atoms with Gasteiger partial charge in [0.15, 0.2) is 0 Å². The molecule has 22 heavy (non-hydrogen) atoms. The van der Waals surface area contributed by atoms with Crippen LogP contribution in [-0.2, 0) is 6.61 Å². The smallest absolute Gasteiger partial charge is 0.131 e. The Morgan fingerprint density at radius 1 is 1.09 bits per heavy atom. The van der Waals surface area contributed by atoms with Gasteiger partial charge in [-0.05, 0) is 30.7 Å². The van der Waals surface area contributed by atoms with E-state index >= 15 is 0 Å². The van der Waals surface area contributed by atoms with Crippen LogP contribution in [0.2, 0.25) is 0 Å². The van der Waals surface area contributed by atoms with Gasteiger partial charge in [-0.1, -0.05) is 30.3 Å². The Balaban J connectivity index is 1.72. The number of para-hydroxylation sites is 1. The molecule has 0 atom stereocenters. The minimum absolute atomic E-state index is 0.478. The van der Waals surface area contributed by atoms with Gasteiger partial charge in [-0.25, -0.2) is 4.98 Å². The van der Waals surface area contributed by atoms with E-state index in [0.29, 0.717) is 6.61 Å². The Bertz CT molecular complexity index is 767. The van der Waals surface area contributed by atoms with Gasteiger partial charge in [-0.3, -0.25) is 0 Å². The number of ether oxygens (including phenoxy) is 2. The maximum absolute atomic E-state index is 5.84. The van der Waals surface area contributed by atoms with E-state index in [1.54, 1.807) is 18.4 Å². The van der Waals surface area contributed by atoms with E-state index in [2.05, 4.69) is 4.98 Å². The van der Waals surface area contributed by atoms with Gasteiger partial charge in [0.25, 0.3) is 0 Å². The Hall–Kier alpha value is -2.33. The largest absolute Gasteiger partial charge is 0.497 e. The van der Waals surface area contributed by atoms with Crippen LogP contribution in [0.5, 0.6) is 11.5 Å². The van der Waals surface area contributed by atoms with Crippen molar-refractivity contribution in [2.24, 2.45) is 0 Å². The molecule has 0 N–H and O–H groups in total. The number of hydrogen-bond donors (Lipinski definition) is 0. The number of rotatable bonds is 5. The molecule has 0 bridgehead atoms. The Kier molecular flexibility index (Phi) is 4.39. The fourth-order valence-electron chi connectivity index (χ4n) is 2.13. The van der Waals surface area contributed by atoms with Gasteiger partial charge < -0.3 is 9.47 Å². The van der Waals surface area contributed by atoms with Crippen LogP contribution >= 0.6 is 11.3 Å². The van der Waals surface area contributed by atoms with Crippen molar-refractivity contribution in [3.63, 3.8) is 0 Å². The summed E-state index contributed by atoms with van der Waals surface area (Å²) in [7, 11) is 1.67. The SMILES string of the molecule is COc1cccc(-c2nc(COc3ccccc3C)cs2)c1. The molecule has 4 heteroatoms. The first-order valence-electron chi connectivity index (χ1n) is 7.03. The Morgan fingerprint density at radius 3 is 2.77 bits per heavy atom. The zero-order valence-corrected chi connectivity index (χ0v) is 13.4. The Labute approximate surface area is 134 Å². The lowest BCUT2D eigenvalue weighted by Crippen LogP contribution is -1.97. The van der Waals surface area contributed by atoms with Gasteiger partial charge in [0, 0.05) is 10.9 Å². The van der Waals surface area contributed by atoms with E-state index in [1.807, 2.05) is 60.8 Å². The molecule has 0 aliphatic heterocycles. The molecule has 0 spiro atoms. The second-order valence-corrected chi connectivity index (χ2v) is 5.79. The van der Waals surface area contributed by atoms with Crippen LogP contribution in [0, 0.1) is 6.92 Å². The normalized spacial score (nSPS) is 10.5. The molecular weight excluding hydrogens is 294 g/mol. The highest BCUT2D eigenvalue weighted by Gasteiger charge is 2.07. The van der Waals surface area contributed by atoms with E-state index < -0.39 is 0 Å². The minimum atomic E-state index is 0.478. The maximum atomic E-state index is 5.84. The fourth-order valence-corrected chi connectivity index (χ4v) is 2.93. The van der Waals surface area contributed by atoms with Crippen LogP contribution in [0.3, 0.4) is 0 Å². The zero-order valence-electron chi connectivity index (χ0n) is 12.6. The standard InChI is InChI=1S/C18H17NO2S/c1-13-6-3-4-9-17(13)21-11-15-12-22-18(19-15)14-7-5-8-16(10-14)20-2/h3-10,12H,11H2,1-2H3. The van der Waals surface area contributed by atoms with Crippen molar-refractivity contribution in [3.05, 3.63) is 65.2 Å². The number of aryl methyl sites for hydroxylation is 1. The lowest BCUT2D eigenvalue weighted by atomic mass is 10.2. The van der Waals surface area contributed by atoms with Crippen LogP contribution in [0.4, 0.5) is 0 Å². The second-order valence-electron chi connectivity index (χ2n) is 4.93.